The molecule has 0 spiro atoms. The van der Waals surface area contributed by atoms with Crippen LogP contribution >= 0.6 is 0 Å². The van der Waals surface area contributed by atoms with Crippen molar-refractivity contribution in [2.24, 2.45) is 17.8 Å². The van der Waals surface area contributed by atoms with Crippen LogP contribution < -0.4 is 5.32 Å². The van der Waals surface area contributed by atoms with Gasteiger partial charge in [-0.25, -0.2) is 0 Å². The first-order chi connectivity index (χ1) is 9.49. The molecule has 20 heavy (non-hydrogen) atoms. The van der Waals surface area contributed by atoms with Gasteiger partial charge >= 0.3 is 0 Å². The molecular formula is C19H33N. The normalized spacial score (nSPS) is 13.2. The number of hydrogen-bond acceptors (Lipinski definition) is 1. The van der Waals surface area contributed by atoms with E-state index in [0.29, 0.717) is 0 Å². The van der Waals surface area contributed by atoms with Gasteiger partial charge in [-0.05, 0) is 61.7 Å². The number of rotatable bonds is 9. The summed E-state index contributed by atoms with van der Waals surface area (Å²) in [5, 5.41) is 3.65. The lowest BCUT2D eigenvalue weighted by Crippen LogP contribution is -2.28. The molecular weight excluding hydrogens is 242 g/mol. The van der Waals surface area contributed by atoms with Crippen molar-refractivity contribution in [2.45, 2.75) is 53.9 Å². The fraction of sp³-hybridized carbons (Fsp3) is 0.684. The molecule has 0 aliphatic carbocycles. The Kier molecular flexibility index (Phi) is 7.91. The third-order valence-electron chi connectivity index (χ3n) is 3.91. The Hall–Kier alpha value is -0.820. The van der Waals surface area contributed by atoms with Crippen LogP contribution in [-0.2, 0) is 6.42 Å². The standard InChI is InChI=1S/C19H33N/c1-15(2)10-11-18(14-20-13-16(3)4)12-19-9-7-6-8-17(19)5/h6-9,15-16,18,20H,10-14H2,1-5H3. The highest BCUT2D eigenvalue weighted by Gasteiger charge is 2.12. The van der Waals surface area contributed by atoms with E-state index in [4.69, 9.17) is 0 Å². The van der Waals surface area contributed by atoms with Gasteiger partial charge in [0.15, 0.2) is 0 Å². The fourth-order valence-corrected chi connectivity index (χ4v) is 2.57. The average Bonchev–Trinajstić information content (AvgIpc) is 2.37. The van der Waals surface area contributed by atoms with Crippen molar-refractivity contribution in [3.05, 3.63) is 35.4 Å². The number of hydrogen-bond donors (Lipinski definition) is 1. The summed E-state index contributed by atoms with van der Waals surface area (Å²) in [5.74, 6) is 2.30. The zero-order valence-corrected chi connectivity index (χ0v) is 14.1. The molecule has 114 valence electrons. The minimum Gasteiger partial charge on any atom is -0.316 e. The summed E-state index contributed by atoms with van der Waals surface area (Å²) in [6.45, 7) is 13.7. The molecule has 1 atom stereocenters. The molecule has 1 N–H and O–H groups in total. The molecule has 0 aliphatic heterocycles. The van der Waals surface area contributed by atoms with Gasteiger partial charge in [0.1, 0.15) is 0 Å². The van der Waals surface area contributed by atoms with E-state index < -0.39 is 0 Å². The van der Waals surface area contributed by atoms with Crippen molar-refractivity contribution in [3.8, 4) is 0 Å². The molecule has 1 unspecified atom stereocenters. The predicted molar refractivity (Wildman–Crippen MR) is 90.2 cm³/mol. The first kappa shape index (κ1) is 17.2. The fourth-order valence-electron chi connectivity index (χ4n) is 2.57. The van der Waals surface area contributed by atoms with Crippen LogP contribution in [0.3, 0.4) is 0 Å². The van der Waals surface area contributed by atoms with Gasteiger partial charge < -0.3 is 5.32 Å². The van der Waals surface area contributed by atoms with Gasteiger partial charge in [0.25, 0.3) is 0 Å². The van der Waals surface area contributed by atoms with E-state index in [1.807, 2.05) is 0 Å². The van der Waals surface area contributed by atoms with Gasteiger partial charge in [-0.15, -0.1) is 0 Å². The molecule has 1 rings (SSSR count). The molecule has 0 saturated heterocycles. The lowest BCUT2D eigenvalue weighted by Gasteiger charge is -2.20. The first-order valence-electron chi connectivity index (χ1n) is 8.24. The number of nitrogens with one attached hydrogen (secondary N) is 1. The number of benzene rings is 1. The highest BCUT2D eigenvalue weighted by atomic mass is 14.9. The average molecular weight is 275 g/mol. The SMILES string of the molecule is Cc1ccccc1CC(CCC(C)C)CNCC(C)C. The van der Waals surface area contributed by atoms with Gasteiger partial charge in [0, 0.05) is 0 Å². The second-order valence-corrected chi connectivity index (χ2v) is 7.02. The van der Waals surface area contributed by atoms with E-state index in [1.54, 1.807) is 0 Å². The Labute approximate surface area is 126 Å². The van der Waals surface area contributed by atoms with Gasteiger partial charge in [-0.1, -0.05) is 58.4 Å². The summed E-state index contributed by atoms with van der Waals surface area (Å²) >= 11 is 0. The maximum Gasteiger partial charge on any atom is -0.00172 e. The Balaban J connectivity index is 2.54. The third-order valence-corrected chi connectivity index (χ3v) is 3.91. The molecule has 1 aromatic carbocycles. The quantitative estimate of drug-likeness (QED) is 0.680. The molecule has 0 bridgehead atoms. The van der Waals surface area contributed by atoms with E-state index in [9.17, 15) is 0 Å². The largest absolute Gasteiger partial charge is 0.316 e. The van der Waals surface area contributed by atoms with Crippen LogP contribution in [0.15, 0.2) is 24.3 Å². The molecule has 0 heterocycles. The van der Waals surface area contributed by atoms with Gasteiger partial charge in [0.05, 0.1) is 0 Å². The van der Waals surface area contributed by atoms with Crippen LogP contribution in [-0.4, -0.2) is 13.1 Å². The predicted octanol–water partition coefficient (Wildman–Crippen LogP) is 4.84. The maximum atomic E-state index is 3.65. The van der Waals surface area contributed by atoms with E-state index in [1.165, 1.54) is 30.4 Å². The van der Waals surface area contributed by atoms with E-state index in [0.717, 1.165) is 30.8 Å². The van der Waals surface area contributed by atoms with Crippen molar-refractivity contribution in [1.82, 2.24) is 5.32 Å². The molecule has 0 fully saturated rings. The monoisotopic (exact) mass is 275 g/mol. The van der Waals surface area contributed by atoms with E-state index in [2.05, 4.69) is 64.2 Å². The topological polar surface area (TPSA) is 12.0 Å². The van der Waals surface area contributed by atoms with E-state index in [-0.39, 0.29) is 0 Å². The summed E-state index contributed by atoms with van der Waals surface area (Å²) in [6, 6.07) is 8.83. The van der Waals surface area contributed by atoms with Crippen molar-refractivity contribution >= 4 is 0 Å². The summed E-state index contributed by atoms with van der Waals surface area (Å²) < 4.78 is 0. The second kappa shape index (κ2) is 9.18. The van der Waals surface area contributed by atoms with Crippen molar-refractivity contribution < 1.29 is 0 Å². The van der Waals surface area contributed by atoms with Crippen molar-refractivity contribution in [2.75, 3.05) is 13.1 Å². The minimum atomic E-state index is 0.735. The lowest BCUT2D eigenvalue weighted by atomic mass is 9.90. The number of aryl methyl sites for hydroxylation is 1. The minimum absolute atomic E-state index is 0.735. The van der Waals surface area contributed by atoms with Crippen molar-refractivity contribution in [1.29, 1.82) is 0 Å². The van der Waals surface area contributed by atoms with Gasteiger partial charge in [0.2, 0.25) is 0 Å². The van der Waals surface area contributed by atoms with Gasteiger partial charge in [-0.2, -0.15) is 0 Å². The Morgan fingerprint density at radius 2 is 1.60 bits per heavy atom. The van der Waals surface area contributed by atoms with Crippen molar-refractivity contribution in [3.63, 3.8) is 0 Å². The Morgan fingerprint density at radius 1 is 0.900 bits per heavy atom. The Bertz CT molecular complexity index is 368. The molecule has 1 aromatic rings. The van der Waals surface area contributed by atoms with Crippen LogP contribution in [0.2, 0.25) is 0 Å². The highest BCUT2D eigenvalue weighted by molar-refractivity contribution is 5.25. The zero-order valence-electron chi connectivity index (χ0n) is 14.1. The first-order valence-corrected chi connectivity index (χ1v) is 8.24. The molecule has 0 aromatic heterocycles. The smallest absolute Gasteiger partial charge is 0.00172 e. The maximum absolute atomic E-state index is 3.65. The molecule has 1 nitrogen and oxygen atoms in total. The van der Waals surface area contributed by atoms with Crippen LogP contribution in [0.5, 0.6) is 0 Å². The lowest BCUT2D eigenvalue weighted by molar-refractivity contribution is 0.388. The summed E-state index contributed by atoms with van der Waals surface area (Å²) in [6.07, 6.45) is 3.88. The third kappa shape index (κ3) is 7.09. The Morgan fingerprint density at radius 3 is 2.20 bits per heavy atom. The van der Waals surface area contributed by atoms with Crippen LogP contribution in [0, 0.1) is 24.7 Å². The highest BCUT2D eigenvalue weighted by Crippen LogP contribution is 2.19. The molecule has 0 amide bonds. The summed E-state index contributed by atoms with van der Waals surface area (Å²) in [7, 11) is 0. The summed E-state index contributed by atoms with van der Waals surface area (Å²) in [4.78, 5) is 0. The molecule has 1 heteroatoms. The van der Waals surface area contributed by atoms with Crippen LogP contribution in [0.4, 0.5) is 0 Å². The van der Waals surface area contributed by atoms with E-state index >= 15 is 0 Å². The molecule has 0 aliphatic rings. The van der Waals surface area contributed by atoms with Crippen LogP contribution in [0.25, 0.3) is 0 Å². The van der Waals surface area contributed by atoms with Gasteiger partial charge in [-0.3, -0.25) is 0 Å². The second-order valence-electron chi connectivity index (χ2n) is 7.02. The molecule has 0 radical (unpaired) electrons. The molecule has 0 saturated carbocycles. The zero-order chi connectivity index (χ0) is 15.0. The summed E-state index contributed by atoms with van der Waals surface area (Å²) in [5.41, 5.74) is 2.96. The van der Waals surface area contributed by atoms with Crippen LogP contribution in [0.1, 0.15) is 51.7 Å².